The summed E-state index contributed by atoms with van der Waals surface area (Å²) in [6.07, 6.45) is 0. The van der Waals surface area contributed by atoms with Gasteiger partial charge in [0.05, 0.1) is 0 Å². The van der Waals surface area contributed by atoms with Gasteiger partial charge in [-0.05, 0) is 0 Å². The fraction of sp³-hybridized carbons (Fsp3) is 0. The van der Waals surface area contributed by atoms with Crippen LogP contribution in [-0.4, -0.2) is 68.4 Å². The van der Waals surface area contributed by atoms with Crippen LogP contribution in [0.25, 0.3) is 0 Å². The van der Waals surface area contributed by atoms with Gasteiger partial charge in [0, 0.05) is 9.17 Å². The molecule has 0 radical (unpaired) electrons. The first kappa shape index (κ1) is 23.6. The molecular formula is H4AlLiMgO3Si. The van der Waals surface area contributed by atoms with Crippen LogP contribution in [0, 0.1) is 0 Å². The molecular weight excluding hydrogens is 134 g/mol. The molecule has 0 atom stereocenters. The second kappa shape index (κ2) is 15.6. The van der Waals surface area contributed by atoms with E-state index in [1.165, 1.54) is 0 Å². The molecule has 32 valence electrons. The van der Waals surface area contributed by atoms with Crippen molar-refractivity contribution >= 4 is 68.4 Å². The fourth-order valence-corrected chi connectivity index (χ4v) is 0. The summed E-state index contributed by atoms with van der Waals surface area (Å²) in [6, 6.07) is 0. The summed E-state index contributed by atoms with van der Waals surface area (Å²) in [5.41, 5.74) is 0. The fourth-order valence-electron chi connectivity index (χ4n) is 0. The van der Waals surface area contributed by atoms with E-state index in [0.717, 1.165) is 0 Å². The van der Waals surface area contributed by atoms with E-state index in [1.807, 2.05) is 0 Å². The van der Waals surface area contributed by atoms with Gasteiger partial charge in [0.2, 0.25) is 0 Å². The maximum Gasteiger partial charge on any atom is 2.00 e. The molecule has 0 saturated carbocycles. The molecule has 0 aliphatic rings. The van der Waals surface area contributed by atoms with Crippen molar-refractivity contribution in [1.82, 2.24) is 0 Å². The van der Waals surface area contributed by atoms with Gasteiger partial charge in [-0.25, -0.2) is 0 Å². The molecule has 0 amide bonds. The van der Waals surface area contributed by atoms with E-state index in [0.29, 0.717) is 0 Å². The first-order valence-corrected chi connectivity index (χ1v) is 1.84. The first-order valence-electron chi connectivity index (χ1n) is 0.612. The second-order valence-electron chi connectivity index (χ2n) is 0.250. The molecule has 0 heterocycles. The molecule has 0 unspecified atom stereocenters. The predicted octanol–water partition coefficient (Wildman–Crippen LogP) is -5.09. The Hall–Kier alpha value is 1.51. The summed E-state index contributed by atoms with van der Waals surface area (Å²) >= 11 is 0. The summed E-state index contributed by atoms with van der Waals surface area (Å²) < 4.78 is 8.52. The quantitative estimate of drug-likeness (QED) is 0.315. The van der Waals surface area contributed by atoms with E-state index in [1.54, 1.807) is 0 Å². The summed E-state index contributed by atoms with van der Waals surface area (Å²) in [5, 5.41) is 0. The van der Waals surface area contributed by atoms with E-state index in [9.17, 15) is 0 Å². The van der Waals surface area contributed by atoms with Crippen molar-refractivity contribution in [2.75, 3.05) is 0 Å². The largest absolute Gasteiger partial charge is 2.00 e. The van der Waals surface area contributed by atoms with Crippen molar-refractivity contribution in [3.8, 4) is 0 Å². The van der Waals surface area contributed by atoms with Crippen molar-refractivity contribution in [3.05, 3.63) is 0 Å². The van der Waals surface area contributed by atoms with Crippen molar-refractivity contribution in [3.63, 3.8) is 0 Å². The maximum absolute atomic E-state index is 8.52. The van der Waals surface area contributed by atoms with Gasteiger partial charge in [0.25, 0.3) is 0 Å². The molecule has 7 heteroatoms. The van der Waals surface area contributed by atoms with Crippen LogP contribution in [0.4, 0.5) is 0 Å². The summed E-state index contributed by atoms with van der Waals surface area (Å²) in [4.78, 5) is 17.0. The predicted molar refractivity (Wildman–Crippen MR) is 29.3 cm³/mol. The van der Waals surface area contributed by atoms with Crippen LogP contribution in [-0.2, 0) is 4.46 Å². The number of rotatable bonds is 0. The minimum absolute atomic E-state index is 0. The molecule has 0 bridgehead atoms. The van der Waals surface area contributed by atoms with Crippen LogP contribution in [0.15, 0.2) is 0 Å². The molecule has 0 saturated heterocycles. The Kier molecular flexibility index (Phi) is 52.7. The summed E-state index contributed by atoms with van der Waals surface area (Å²) in [7, 11) is -3.63. The van der Waals surface area contributed by atoms with Crippen LogP contribution in [0.2, 0.25) is 0 Å². The van der Waals surface area contributed by atoms with Crippen LogP contribution in [0.3, 0.4) is 0 Å². The Morgan fingerprint density at radius 2 is 1.29 bits per heavy atom. The zero-order valence-electron chi connectivity index (χ0n) is 2.43. The summed E-state index contributed by atoms with van der Waals surface area (Å²) in [5.74, 6) is 0. The van der Waals surface area contributed by atoms with E-state index in [-0.39, 0.29) is 59.3 Å². The van der Waals surface area contributed by atoms with Crippen molar-refractivity contribution in [2.45, 2.75) is 0 Å². The molecule has 0 spiro atoms. The van der Waals surface area contributed by atoms with Gasteiger partial charge in [-0.3, -0.25) is 0 Å². The zero-order valence-corrected chi connectivity index (χ0v) is 4.85. The van der Waals surface area contributed by atoms with Gasteiger partial charge >= 0.3 is 41.9 Å². The van der Waals surface area contributed by atoms with Gasteiger partial charge in [-0.15, -0.1) is 0 Å². The van der Waals surface area contributed by atoms with Gasteiger partial charge in [0.1, 0.15) is 0 Å². The third-order valence-electron chi connectivity index (χ3n) is 0. The van der Waals surface area contributed by atoms with Crippen LogP contribution < -0.4 is 9.59 Å². The third kappa shape index (κ3) is 99.8. The normalized spacial score (nSPS) is 3.43. The molecule has 7 heavy (non-hydrogen) atoms. The average Bonchev–Trinajstić information content (AvgIpc) is 0.811. The Morgan fingerprint density at radius 1 is 1.29 bits per heavy atom. The van der Waals surface area contributed by atoms with Gasteiger partial charge < -0.3 is 14.1 Å². The van der Waals surface area contributed by atoms with E-state index >= 15 is 0 Å². The van der Waals surface area contributed by atoms with Gasteiger partial charge in [-0.2, -0.15) is 0 Å². The monoisotopic (exact) mass is 138 g/mol. The van der Waals surface area contributed by atoms with Crippen LogP contribution in [0.1, 0.15) is 0 Å². The summed E-state index contributed by atoms with van der Waals surface area (Å²) in [6.45, 7) is 0. The molecule has 0 aliphatic carbocycles. The molecule has 0 aromatic rings. The number of hydrogen-bond acceptors (Lipinski definition) is 3. The van der Waals surface area contributed by atoms with Crippen LogP contribution in [0.5, 0.6) is 0 Å². The maximum atomic E-state index is 8.52. The molecule has 0 N–H and O–H groups in total. The van der Waals surface area contributed by atoms with Crippen molar-refractivity contribution < 1.29 is 14.1 Å². The molecule has 0 aliphatic heterocycles. The molecule has 0 rings (SSSR count). The topological polar surface area (TPSA) is 63.2 Å². The van der Waals surface area contributed by atoms with Gasteiger partial charge in [-0.1, -0.05) is 0 Å². The average molecular weight is 138 g/mol. The van der Waals surface area contributed by atoms with Crippen molar-refractivity contribution in [2.24, 2.45) is 0 Å². The second-order valence-corrected chi connectivity index (χ2v) is 0.750. The first-order chi connectivity index (χ1) is 1.73. The minimum atomic E-state index is -3.63. The zero-order chi connectivity index (χ0) is 3.58. The SMILES string of the molecule is O=[Si]([O-])[O-].[AlH3].[LiH].[Mg+2]. The van der Waals surface area contributed by atoms with E-state index < -0.39 is 9.17 Å². The van der Waals surface area contributed by atoms with Crippen molar-refractivity contribution in [1.29, 1.82) is 0 Å². The smallest absolute Gasteiger partial charge is 2.00 e. The molecule has 3 nitrogen and oxygen atoms in total. The Labute approximate surface area is 81.9 Å². The molecule has 0 aromatic carbocycles. The Bertz CT molecular complexity index is 37.9. The Balaban J connectivity index is -0.0000000150. The standard InChI is InChI=1S/Al.Li.Mg.O3Si.4H/c;;;1-4(2)3;;;;/q;;+2;-2;;;;. The van der Waals surface area contributed by atoms with Gasteiger partial charge in [0.15, 0.2) is 17.4 Å². The molecule has 0 aromatic heterocycles. The van der Waals surface area contributed by atoms with E-state index in [4.69, 9.17) is 14.1 Å². The third-order valence-corrected chi connectivity index (χ3v) is 0. The molecule has 0 fully saturated rings. The minimum Gasteiger partial charge on any atom is 2.00 e. The van der Waals surface area contributed by atoms with Crippen LogP contribution >= 0.6 is 0 Å². The number of hydrogen-bond donors (Lipinski definition) is 0. The van der Waals surface area contributed by atoms with E-state index in [2.05, 4.69) is 0 Å². The Morgan fingerprint density at radius 3 is 1.29 bits per heavy atom.